The van der Waals surface area contributed by atoms with Crippen LogP contribution >= 0.6 is 0 Å². The van der Waals surface area contributed by atoms with Gasteiger partial charge < -0.3 is 9.64 Å². The second kappa shape index (κ2) is 4.61. The molecule has 2 nitrogen and oxygen atoms in total. The first-order valence-corrected chi connectivity index (χ1v) is 4.71. The fourth-order valence-electron chi connectivity index (χ4n) is 1.85. The second-order valence-electron chi connectivity index (χ2n) is 3.85. The molecule has 2 atom stereocenters. The Morgan fingerprint density at radius 2 is 2.14 bits per heavy atom. The summed E-state index contributed by atoms with van der Waals surface area (Å²) in [5.74, 6) is 0.359. The van der Waals surface area contributed by atoms with Gasteiger partial charge in [-0.3, -0.25) is 0 Å². The zero-order valence-corrected chi connectivity index (χ0v) is 8.41. The van der Waals surface area contributed by atoms with Crippen LogP contribution in [0.4, 0.5) is 8.78 Å². The largest absolute Gasteiger partial charge is 0.345 e. The van der Waals surface area contributed by atoms with Gasteiger partial charge in [-0.2, -0.15) is 8.78 Å². The maximum atomic E-state index is 12.0. The van der Waals surface area contributed by atoms with E-state index in [1.165, 1.54) is 0 Å². The van der Waals surface area contributed by atoms with Crippen molar-refractivity contribution in [3.05, 3.63) is 0 Å². The molecule has 1 aliphatic rings. The highest BCUT2D eigenvalue weighted by atomic mass is 19.3. The van der Waals surface area contributed by atoms with Crippen LogP contribution in [-0.2, 0) is 4.74 Å². The summed E-state index contributed by atoms with van der Waals surface area (Å²) in [6, 6.07) is 2.66. The lowest BCUT2D eigenvalue weighted by Gasteiger charge is -2.22. The van der Waals surface area contributed by atoms with Crippen LogP contribution in [0.25, 0.3) is 0 Å². The molecule has 0 aromatic carbocycles. The molecule has 2 unspecified atom stereocenters. The van der Waals surface area contributed by atoms with Crippen molar-refractivity contribution in [3.63, 3.8) is 0 Å². The van der Waals surface area contributed by atoms with Crippen LogP contribution in [0.15, 0.2) is 0 Å². The molecule has 0 saturated carbocycles. The van der Waals surface area contributed by atoms with E-state index >= 15 is 0 Å². The summed E-state index contributed by atoms with van der Waals surface area (Å²) in [5.41, 5.74) is 0. The quantitative estimate of drug-likeness (QED) is 0.650. The minimum Gasteiger partial charge on any atom is -0.327 e. The van der Waals surface area contributed by atoms with Gasteiger partial charge in [0.25, 0.3) is 0 Å². The van der Waals surface area contributed by atoms with Gasteiger partial charge in [0.05, 0.1) is 12.6 Å². The van der Waals surface area contributed by atoms with Gasteiger partial charge in [-0.25, -0.2) is 0 Å². The molecule has 0 spiro atoms. The molecule has 0 N–H and O–H groups in total. The molecule has 0 aromatic rings. The number of ether oxygens (including phenoxy) is 1. The molecular weight excluding hydrogens is 188 g/mol. The van der Waals surface area contributed by atoms with E-state index < -0.39 is 12.7 Å². The van der Waals surface area contributed by atoms with Crippen LogP contribution in [0.3, 0.4) is 0 Å². The number of likely N-dealkylation sites (tertiary alicyclic amines) is 1. The number of rotatable bonds is 3. The van der Waals surface area contributed by atoms with Gasteiger partial charge in [-0.1, -0.05) is 20.3 Å². The van der Waals surface area contributed by atoms with Crippen LogP contribution in [0.1, 0.15) is 20.3 Å². The van der Waals surface area contributed by atoms with Crippen LogP contribution in [0, 0.1) is 18.4 Å². The number of hydrogen-bond donors (Lipinski definition) is 0. The summed E-state index contributed by atoms with van der Waals surface area (Å²) >= 11 is 0. The Morgan fingerprint density at radius 3 is 2.50 bits per heavy atom. The van der Waals surface area contributed by atoms with E-state index in [2.05, 4.69) is 10.8 Å². The van der Waals surface area contributed by atoms with Gasteiger partial charge >= 0.3 is 6.61 Å². The lowest BCUT2D eigenvalue weighted by Crippen LogP contribution is -2.29. The van der Waals surface area contributed by atoms with Gasteiger partial charge in [0.2, 0.25) is 0 Å². The topological polar surface area (TPSA) is 12.5 Å². The number of alkyl halides is 2. The molecule has 1 saturated heterocycles. The molecule has 4 heteroatoms. The van der Waals surface area contributed by atoms with E-state index in [0.717, 1.165) is 0 Å². The molecule has 1 heterocycles. The first-order chi connectivity index (χ1) is 6.54. The van der Waals surface area contributed by atoms with Crippen molar-refractivity contribution < 1.29 is 13.5 Å². The van der Waals surface area contributed by atoms with Gasteiger partial charge in [0.15, 0.2) is 0 Å². The van der Waals surface area contributed by atoms with Gasteiger partial charge in [0, 0.05) is 12.1 Å². The van der Waals surface area contributed by atoms with Crippen molar-refractivity contribution in [1.29, 1.82) is 0 Å². The summed E-state index contributed by atoms with van der Waals surface area (Å²) in [6.45, 7) is 1.76. The molecule has 1 fully saturated rings. The van der Waals surface area contributed by atoms with Crippen molar-refractivity contribution in [2.45, 2.75) is 39.0 Å². The third kappa shape index (κ3) is 2.58. The van der Waals surface area contributed by atoms with E-state index in [1.54, 1.807) is 4.90 Å². The second-order valence-corrected chi connectivity index (χ2v) is 3.85. The van der Waals surface area contributed by atoms with Crippen molar-refractivity contribution in [3.8, 4) is 12.5 Å². The lowest BCUT2D eigenvalue weighted by atomic mass is 10.0. The molecule has 0 radical (unpaired) electrons. The SMILES string of the molecule is C#CN1CC(OC(F)F)CC1C(C)C. The van der Waals surface area contributed by atoms with Crippen molar-refractivity contribution >= 4 is 0 Å². The highest BCUT2D eigenvalue weighted by Crippen LogP contribution is 2.26. The fraction of sp³-hybridized carbons (Fsp3) is 0.800. The Morgan fingerprint density at radius 1 is 1.50 bits per heavy atom. The molecule has 14 heavy (non-hydrogen) atoms. The van der Waals surface area contributed by atoms with E-state index in [4.69, 9.17) is 6.42 Å². The Hall–Kier alpha value is -0.820. The molecule has 1 aliphatic heterocycles. The fourth-order valence-corrected chi connectivity index (χ4v) is 1.85. The minimum absolute atomic E-state index is 0.156. The van der Waals surface area contributed by atoms with Crippen molar-refractivity contribution in [2.75, 3.05) is 6.54 Å². The molecule has 80 valence electrons. The highest BCUT2D eigenvalue weighted by Gasteiger charge is 2.34. The van der Waals surface area contributed by atoms with Gasteiger partial charge in [-0.15, -0.1) is 0 Å². The third-order valence-electron chi connectivity index (χ3n) is 2.54. The number of hydrogen-bond acceptors (Lipinski definition) is 2. The first kappa shape index (κ1) is 11.3. The maximum absolute atomic E-state index is 12.0. The highest BCUT2D eigenvalue weighted by molar-refractivity contribution is 4.98. The Labute approximate surface area is 83.2 Å². The van der Waals surface area contributed by atoms with Crippen molar-refractivity contribution in [1.82, 2.24) is 4.90 Å². The van der Waals surface area contributed by atoms with Gasteiger partial charge in [0.1, 0.15) is 0 Å². The van der Waals surface area contributed by atoms with Crippen LogP contribution < -0.4 is 0 Å². The normalized spacial score (nSPS) is 27.4. The lowest BCUT2D eigenvalue weighted by molar-refractivity contribution is -0.158. The Kier molecular flexibility index (Phi) is 3.70. The summed E-state index contributed by atoms with van der Waals surface area (Å²) < 4.78 is 28.4. The van der Waals surface area contributed by atoms with Gasteiger partial charge in [-0.05, 0) is 12.3 Å². The molecule has 0 aromatic heterocycles. The van der Waals surface area contributed by atoms with Crippen LogP contribution in [0.2, 0.25) is 0 Å². The number of nitrogens with zero attached hydrogens (tertiary/aromatic N) is 1. The number of halogens is 2. The molecular formula is C10H15F2NO. The average molecular weight is 203 g/mol. The predicted octanol–water partition coefficient (Wildman–Crippen LogP) is 1.92. The van der Waals surface area contributed by atoms with Crippen LogP contribution in [-0.4, -0.2) is 30.2 Å². The summed E-state index contributed by atoms with van der Waals surface area (Å²) in [4.78, 5) is 1.75. The molecule has 0 aliphatic carbocycles. The number of terminal acetylenes is 1. The first-order valence-electron chi connectivity index (χ1n) is 4.71. The predicted molar refractivity (Wildman–Crippen MR) is 49.7 cm³/mol. The standard InChI is InChI=1S/C10H15F2NO/c1-4-13-6-8(14-10(11)12)5-9(13)7(2)3/h1,7-10H,5-6H2,2-3H3. The molecule has 0 amide bonds. The van der Waals surface area contributed by atoms with E-state index in [1.807, 2.05) is 13.8 Å². The minimum atomic E-state index is -2.70. The molecule has 0 bridgehead atoms. The maximum Gasteiger partial charge on any atom is 0.345 e. The Bertz CT molecular complexity index is 225. The van der Waals surface area contributed by atoms with Crippen molar-refractivity contribution in [2.24, 2.45) is 5.92 Å². The van der Waals surface area contributed by atoms with E-state index in [9.17, 15) is 8.78 Å². The monoisotopic (exact) mass is 203 g/mol. The smallest absolute Gasteiger partial charge is 0.327 e. The van der Waals surface area contributed by atoms with E-state index in [-0.39, 0.29) is 6.04 Å². The zero-order valence-electron chi connectivity index (χ0n) is 8.41. The Balaban J connectivity index is 2.53. The van der Waals surface area contributed by atoms with Crippen LogP contribution in [0.5, 0.6) is 0 Å². The summed E-state index contributed by atoms with van der Waals surface area (Å²) in [7, 11) is 0. The zero-order chi connectivity index (χ0) is 10.7. The van der Waals surface area contributed by atoms with E-state index in [0.29, 0.717) is 18.9 Å². The summed E-state index contributed by atoms with van der Waals surface area (Å²) in [5, 5.41) is 0. The summed E-state index contributed by atoms with van der Waals surface area (Å²) in [6.07, 6.45) is 5.45. The molecule has 1 rings (SSSR count). The average Bonchev–Trinajstić information content (AvgIpc) is 2.46. The third-order valence-corrected chi connectivity index (χ3v) is 2.54.